The molecule has 24 heavy (non-hydrogen) atoms. The van der Waals surface area contributed by atoms with E-state index in [-0.39, 0.29) is 5.56 Å². The highest BCUT2D eigenvalue weighted by Crippen LogP contribution is 2.19. The molecule has 0 heterocycles. The van der Waals surface area contributed by atoms with Crippen LogP contribution in [-0.2, 0) is 14.3 Å². The fraction of sp³-hybridized carbons (Fsp3) is 0.125. The van der Waals surface area contributed by atoms with E-state index in [9.17, 15) is 27.9 Å². The average Bonchev–Trinajstić information content (AvgIpc) is 2.60. The first-order valence-corrected chi connectivity index (χ1v) is 6.73. The third-order valence-corrected chi connectivity index (χ3v) is 2.99. The Kier molecular flexibility index (Phi) is 5.54. The number of carbonyl (C=O) groups is 2. The Morgan fingerprint density at radius 2 is 1.71 bits per heavy atom. The van der Waals surface area contributed by atoms with Gasteiger partial charge >= 0.3 is 5.97 Å². The molecule has 0 saturated heterocycles. The Morgan fingerprint density at radius 3 is 2.38 bits per heavy atom. The Labute approximate surface area is 134 Å². The highest BCUT2D eigenvalue weighted by molar-refractivity contribution is 5.93. The second-order valence-electron chi connectivity index (χ2n) is 4.69. The first kappa shape index (κ1) is 17.5. The van der Waals surface area contributed by atoms with Gasteiger partial charge in [-0.15, -0.1) is 0 Å². The van der Waals surface area contributed by atoms with Gasteiger partial charge in [0.15, 0.2) is 30.2 Å². The van der Waals surface area contributed by atoms with Crippen LogP contribution in [0.5, 0.6) is 0 Å². The Balaban J connectivity index is 1.92. The number of aliphatic hydroxyl groups excluding tert-OH is 1. The molecular weight excluding hydrogens is 327 g/mol. The number of rotatable bonds is 5. The molecule has 0 aliphatic rings. The summed E-state index contributed by atoms with van der Waals surface area (Å²) in [7, 11) is 0. The van der Waals surface area contributed by atoms with E-state index in [0.29, 0.717) is 6.07 Å². The van der Waals surface area contributed by atoms with E-state index in [1.54, 1.807) is 18.2 Å². The quantitative estimate of drug-likeness (QED) is 0.648. The fourth-order valence-electron chi connectivity index (χ4n) is 1.80. The number of amides is 1. The van der Waals surface area contributed by atoms with Gasteiger partial charge in [-0.25, -0.2) is 18.0 Å². The molecule has 0 bridgehead atoms. The monoisotopic (exact) mass is 339 g/mol. The second kappa shape index (κ2) is 7.60. The van der Waals surface area contributed by atoms with Crippen molar-refractivity contribution in [1.29, 1.82) is 0 Å². The summed E-state index contributed by atoms with van der Waals surface area (Å²) < 4.78 is 43.8. The van der Waals surface area contributed by atoms with Crippen molar-refractivity contribution in [2.75, 3.05) is 11.9 Å². The molecule has 126 valence electrons. The fourth-order valence-corrected chi connectivity index (χ4v) is 1.80. The van der Waals surface area contributed by atoms with E-state index in [2.05, 4.69) is 4.74 Å². The minimum atomic E-state index is -1.73. The van der Waals surface area contributed by atoms with E-state index in [1.807, 2.05) is 5.32 Å². The molecule has 0 aliphatic carbocycles. The summed E-state index contributed by atoms with van der Waals surface area (Å²) in [6.45, 7) is -0.832. The Bertz CT molecular complexity index is 752. The van der Waals surface area contributed by atoms with E-state index in [0.717, 1.165) is 6.07 Å². The highest BCUT2D eigenvalue weighted by atomic mass is 19.2. The molecule has 2 aromatic carbocycles. The molecule has 0 aromatic heterocycles. The van der Waals surface area contributed by atoms with Gasteiger partial charge in [-0.2, -0.15) is 0 Å². The van der Waals surface area contributed by atoms with Crippen LogP contribution in [0.3, 0.4) is 0 Å². The van der Waals surface area contributed by atoms with Crippen molar-refractivity contribution >= 4 is 17.6 Å². The first-order valence-electron chi connectivity index (χ1n) is 6.73. The van der Waals surface area contributed by atoms with Gasteiger partial charge in [0, 0.05) is 0 Å². The standard InChI is InChI=1S/C16H12F3NO4/c17-10-6-7-11(14(19)13(10)18)20-12(21)8-24-16(23)15(22)9-4-2-1-3-5-9/h1-7,15,22H,8H2,(H,20,21)/t15-/m1/s1. The van der Waals surface area contributed by atoms with Gasteiger partial charge in [0.05, 0.1) is 5.69 Å². The van der Waals surface area contributed by atoms with Gasteiger partial charge in [0.1, 0.15) is 0 Å². The lowest BCUT2D eigenvalue weighted by atomic mass is 10.1. The molecule has 0 saturated carbocycles. The number of ether oxygens (including phenoxy) is 1. The number of esters is 1. The van der Waals surface area contributed by atoms with Gasteiger partial charge in [0.25, 0.3) is 5.91 Å². The first-order chi connectivity index (χ1) is 11.4. The number of hydrogen-bond acceptors (Lipinski definition) is 4. The van der Waals surface area contributed by atoms with Crippen molar-refractivity contribution in [2.45, 2.75) is 6.10 Å². The maximum Gasteiger partial charge on any atom is 0.340 e. The van der Waals surface area contributed by atoms with Crippen LogP contribution in [0.2, 0.25) is 0 Å². The maximum atomic E-state index is 13.4. The zero-order valence-corrected chi connectivity index (χ0v) is 12.1. The lowest BCUT2D eigenvalue weighted by molar-refractivity contribution is -0.156. The summed E-state index contributed by atoms with van der Waals surface area (Å²) in [6, 6.07) is 9.33. The number of anilines is 1. The molecule has 1 amide bonds. The topological polar surface area (TPSA) is 75.6 Å². The normalized spacial score (nSPS) is 11.7. The average molecular weight is 339 g/mol. The lowest BCUT2D eigenvalue weighted by Crippen LogP contribution is -2.24. The highest BCUT2D eigenvalue weighted by Gasteiger charge is 2.20. The van der Waals surface area contributed by atoms with Crippen LogP contribution < -0.4 is 5.32 Å². The van der Waals surface area contributed by atoms with Crippen molar-refractivity contribution in [2.24, 2.45) is 0 Å². The molecule has 1 atom stereocenters. The minimum Gasteiger partial charge on any atom is -0.453 e. The van der Waals surface area contributed by atoms with Crippen molar-refractivity contribution in [3.63, 3.8) is 0 Å². The van der Waals surface area contributed by atoms with E-state index >= 15 is 0 Å². The molecule has 0 fully saturated rings. The van der Waals surface area contributed by atoms with Gasteiger partial charge < -0.3 is 15.2 Å². The SMILES string of the molecule is O=C(COC(=O)[C@H](O)c1ccccc1)Nc1ccc(F)c(F)c1F. The summed E-state index contributed by atoms with van der Waals surface area (Å²) >= 11 is 0. The Hall–Kier alpha value is -2.87. The number of aliphatic hydroxyl groups is 1. The minimum absolute atomic E-state index is 0.273. The molecule has 2 rings (SSSR count). The molecule has 0 spiro atoms. The zero-order chi connectivity index (χ0) is 17.7. The summed E-state index contributed by atoms with van der Waals surface area (Å²) in [5.74, 6) is -6.76. The third kappa shape index (κ3) is 4.11. The van der Waals surface area contributed by atoms with Crippen molar-refractivity contribution < 1.29 is 32.6 Å². The van der Waals surface area contributed by atoms with Crippen molar-refractivity contribution in [3.05, 3.63) is 65.5 Å². The number of halogens is 3. The molecule has 2 N–H and O–H groups in total. The number of carbonyl (C=O) groups excluding carboxylic acids is 2. The zero-order valence-electron chi connectivity index (χ0n) is 12.1. The van der Waals surface area contributed by atoms with Crippen LogP contribution in [0.4, 0.5) is 18.9 Å². The molecule has 8 heteroatoms. The molecule has 0 unspecified atom stereocenters. The van der Waals surface area contributed by atoms with Gasteiger partial charge in [0.2, 0.25) is 0 Å². The van der Waals surface area contributed by atoms with Crippen molar-refractivity contribution in [1.82, 2.24) is 0 Å². The van der Waals surface area contributed by atoms with E-state index < -0.39 is 47.7 Å². The summed E-state index contributed by atoms with van der Waals surface area (Å²) in [5.41, 5.74) is -0.326. The Morgan fingerprint density at radius 1 is 1.04 bits per heavy atom. The van der Waals surface area contributed by atoms with Gasteiger partial charge in [-0.3, -0.25) is 4.79 Å². The van der Waals surface area contributed by atoms with E-state index in [4.69, 9.17) is 0 Å². The molecule has 0 radical (unpaired) electrons. The largest absolute Gasteiger partial charge is 0.453 e. The summed E-state index contributed by atoms with van der Waals surface area (Å²) in [4.78, 5) is 23.2. The van der Waals surface area contributed by atoms with Crippen LogP contribution in [0, 0.1) is 17.5 Å². The summed E-state index contributed by atoms with van der Waals surface area (Å²) in [6.07, 6.45) is -1.58. The van der Waals surface area contributed by atoms with Crippen LogP contribution in [0.25, 0.3) is 0 Å². The third-order valence-electron chi connectivity index (χ3n) is 2.99. The predicted molar refractivity (Wildman–Crippen MR) is 77.3 cm³/mol. The van der Waals surface area contributed by atoms with Crippen molar-refractivity contribution in [3.8, 4) is 0 Å². The molecule has 5 nitrogen and oxygen atoms in total. The smallest absolute Gasteiger partial charge is 0.340 e. The lowest BCUT2D eigenvalue weighted by Gasteiger charge is -2.11. The molecule has 0 aliphatic heterocycles. The van der Waals surface area contributed by atoms with E-state index in [1.165, 1.54) is 12.1 Å². The maximum absolute atomic E-state index is 13.4. The second-order valence-corrected chi connectivity index (χ2v) is 4.69. The van der Waals surface area contributed by atoms with Crippen LogP contribution in [-0.4, -0.2) is 23.6 Å². The van der Waals surface area contributed by atoms with Crippen LogP contribution in [0.1, 0.15) is 11.7 Å². The summed E-state index contributed by atoms with van der Waals surface area (Å²) in [5, 5.41) is 11.7. The number of benzene rings is 2. The van der Waals surface area contributed by atoms with Crippen LogP contribution >= 0.6 is 0 Å². The molecule has 2 aromatic rings. The van der Waals surface area contributed by atoms with Gasteiger partial charge in [-0.1, -0.05) is 30.3 Å². The van der Waals surface area contributed by atoms with Crippen LogP contribution in [0.15, 0.2) is 42.5 Å². The number of nitrogens with one attached hydrogen (secondary N) is 1. The molecular formula is C16H12F3NO4. The predicted octanol–water partition coefficient (Wildman–Crippen LogP) is 2.32. The van der Waals surface area contributed by atoms with Gasteiger partial charge in [-0.05, 0) is 17.7 Å². The number of hydrogen-bond donors (Lipinski definition) is 2.